The number of morpholine rings is 1. The molecule has 2 aromatic carbocycles. The van der Waals surface area contributed by atoms with Gasteiger partial charge in [0.1, 0.15) is 5.82 Å². The van der Waals surface area contributed by atoms with Gasteiger partial charge in [0, 0.05) is 31.7 Å². The number of carbonyl (C=O) groups excluding carboxylic acids is 2. The SMILES string of the molecule is O=C(Nc1ccc(F)cc1)C1CC(=O)N(c2ccccc2N2CCOCC2)C1. The van der Waals surface area contributed by atoms with Crippen LogP contribution in [0.4, 0.5) is 21.5 Å². The predicted octanol–water partition coefficient (Wildman–Crippen LogP) is 2.65. The first-order valence-corrected chi connectivity index (χ1v) is 9.40. The van der Waals surface area contributed by atoms with Gasteiger partial charge in [-0.05, 0) is 36.4 Å². The van der Waals surface area contributed by atoms with Crippen molar-refractivity contribution < 1.29 is 18.7 Å². The van der Waals surface area contributed by atoms with Gasteiger partial charge in [0.15, 0.2) is 0 Å². The molecule has 7 heteroatoms. The molecule has 1 atom stereocenters. The second-order valence-corrected chi connectivity index (χ2v) is 6.99. The number of anilines is 3. The Morgan fingerprint density at radius 1 is 1.04 bits per heavy atom. The molecule has 2 amide bonds. The lowest BCUT2D eigenvalue weighted by Gasteiger charge is -2.32. The Hall–Kier alpha value is -2.93. The maximum Gasteiger partial charge on any atom is 0.229 e. The average Bonchev–Trinajstić information content (AvgIpc) is 3.12. The van der Waals surface area contributed by atoms with E-state index in [9.17, 15) is 14.0 Å². The number of hydrogen-bond acceptors (Lipinski definition) is 4. The standard InChI is InChI=1S/C21H22FN3O3/c22-16-5-7-17(8-6-16)23-21(27)15-13-20(26)25(14-15)19-4-2-1-3-18(19)24-9-11-28-12-10-24/h1-8,15H,9-14H2,(H,23,27). The van der Waals surface area contributed by atoms with Crippen molar-refractivity contribution in [2.24, 2.45) is 5.92 Å². The second kappa shape index (κ2) is 7.98. The van der Waals surface area contributed by atoms with Crippen LogP contribution in [0.5, 0.6) is 0 Å². The van der Waals surface area contributed by atoms with Gasteiger partial charge in [-0.1, -0.05) is 12.1 Å². The zero-order chi connectivity index (χ0) is 19.5. The van der Waals surface area contributed by atoms with Gasteiger partial charge in [-0.2, -0.15) is 0 Å². The van der Waals surface area contributed by atoms with E-state index in [-0.39, 0.29) is 24.1 Å². The van der Waals surface area contributed by atoms with E-state index in [1.165, 1.54) is 24.3 Å². The summed E-state index contributed by atoms with van der Waals surface area (Å²) in [7, 11) is 0. The minimum absolute atomic E-state index is 0.0695. The molecule has 2 aliphatic rings. The molecule has 2 heterocycles. The summed E-state index contributed by atoms with van der Waals surface area (Å²) in [6.45, 7) is 3.18. The van der Waals surface area contributed by atoms with Crippen molar-refractivity contribution in [3.8, 4) is 0 Å². The van der Waals surface area contributed by atoms with Crippen LogP contribution in [0.25, 0.3) is 0 Å². The molecule has 0 radical (unpaired) electrons. The van der Waals surface area contributed by atoms with E-state index in [0.717, 1.165) is 24.5 Å². The molecule has 28 heavy (non-hydrogen) atoms. The predicted molar refractivity (Wildman–Crippen MR) is 105 cm³/mol. The number of halogens is 1. The highest BCUT2D eigenvalue weighted by molar-refractivity contribution is 6.05. The largest absolute Gasteiger partial charge is 0.378 e. The summed E-state index contributed by atoms with van der Waals surface area (Å²) >= 11 is 0. The molecule has 1 unspecified atom stereocenters. The molecule has 1 N–H and O–H groups in total. The third-order valence-corrected chi connectivity index (χ3v) is 5.13. The second-order valence-electron chi connectivity index (χ2n) is 6.99. The van der Waals surface area contributed by atoms with Crippen molar-refractivity contribution in [1.29, 1.82) is 0 Å². The van der Waals surface area contributed by atoms with Crippen LogP contribution in [0.15, 0.2) is 48.5 Å². The van der Waals surface area contributed by atoms with Crippen LogP contribution in [0.2, 0.25) is 0 Å². The maximum absolute atomic E-state index is 13.0. The monoisotopic (exact) mass is 383 g/mol. The fourth-order valence-electron chi connectivity index (χ4n) is 3.66. The molecule has 146 valence electrons. The van der Waals surface area contributed by atoms with Crippen molar-refractivity contribution in [3.63, 3.8) is 0 Å². The van der Waals surface area contributed by atoms with Crippen molar-refractivity contribution in [2.75, 3.05) is 48.0 Å². The van der Waals surface area contributed by atoms with E-state index in [1.54, 1.807) is 4.90 Å². The Balaban J connectivity index is 1.49. The number of hydrogen-bond donors (Lipinski definition) is 1. The molecule has 0 saturated carbocycles. The van der Waals surface area contributed by atoms with Crippen molar-refractivity contribution in [1.82, 2.24) is 0 Å². The lowest BCUT2D eigenvalue weighted by Crippen LogP contribution is -2.38. The van der Waals surface area contributed by atoms with Gasteiger partial charge in [-0.15, -0.1) is 0 Å². The summed E-state index contributed by atoms with van der Waals surface area (Å²) in [6.07, 6.45) is 0.157. The molecule has 0 bridgehead atoms. The van der Waals surface area contributed by atoms with Gasteiger partial charge < -0.3 is 19.9 Å². The number of carbonyl (C=O) groups is 2. The van der Waals surface area contributed by atoms with Crippen molar-refractivity contribution in [2.45, 2.75) is 6.42 Å². The van der Waals surface area contributed by atoms with Crippen LogP contribution in [-0.2, 0) is 14.3 Å². The highest BCUT2D eigenvalue weighted by Gasteiger charge is 2.36. The Bertz CT molecular complexity index is 865. The Morgan fingerprint density at radius 2 is 1.71 bits per heavy atom. The van der Waals surface area contributed by atoms with E-state index in [2.05, 4.69) is 10.2 Å². The number of rotatable bonds is 4. The highest BCUT2D eigenvalue weighted by Crippen LogP contribution is 2.34. The number of nitrogens with zero attached hydrogens (tertiary/aromatic N) is 2. The fraction of sp³-hybridized carbons (Fsp3) is 0.333. The lowest BCUT2D eigenvalue weighted by atomic mass is 10.1. The van der Waals surface area contributed by atoms with Crippen LogP contribution in [0, 0.1) is 11.7 Å². The number of benzene rings is 2. The van der Waals surface area contributed by atoms with Crippen LogP contribution >= 0.6 is 0 Å². The summed E-state index contributed by atoms with van der Waals surface area (Å²) in [6, 6.07) is 13.4. The zero-order valence-electron chi connectivity index (χ0n) is 15.4. The van der Waals surface area contributed by atoms with E-state index in [1.807, 2.05) is 24.3 Å². The number of para-hydroxylation sites is 2. The van der Waals surface area contributed by atoms with Gasteiger partial charge in [-0.3, -0.25) is 9.59 Å². The van der Waals surface area contributed by atoms with Gasteiger partial charge in [0.05, 0.1) is 30.5 Å². The highest BCUT2D eigenvalue weighted by atomic mass is 19.1. The minimum atomic E-state index is -0.449. The molecule has 6 nitrogen and oxygen atoms in total. The maximum atomic E-state index is 13.0. The average molecular weight is 383 g/mol. The van der Waals surface area contributed by atoms with Gasteiger partial charge in [-0.25, -0.2) is 4.39 Å². The summed E-state index contributed by atoms with van der Waals surface area (Å²) in [5.74, 6) is -1.11. The zero-order valence-corrected chi connectivity index (χ0v) is 15.4. The first-order valence-electron chi connectivity index (χ1n) is 9.40. The molecule has 0 aliphatic carbocycles. The van der Waals surface area contributed by atoms with Crippen LogP contribution in [-0.4, -0.2) is 44.7 Å². The molecular weight excluding hydrogens is 361 g/mol. The molecule has 2 aromatic rings. The topological polar surface area (TPSA) is 61.9 Å². The minimum Gasteiger partial charge on any atom is -0.378 e. The number of amides is 2. The van der Waals surface area contributed by atoms with Gasteiger partial charge >= 0.3 is 0 Å². The molecular formula is C21H22FN3O3. The van der Waals surface area contributed by atoms with Crippen molar-refractivity contribution >= 4 is 28.9 Å². The van der Waals surface area contributed by atoms with E-state index < -0.39 is 5.92 Å². The first kappa shape index (κ1) is 18.4. The van der Waals surface area contributed by atoms with Gasteiger partial charge in [0.2, 0.25) is 11.8 Å². The summed E-state index contributed by atoms with van der Waals surface area (Å²) in [5.41, 5.74) is 2.33. The molecule has 4 rings (SSSR count). The molecule has 0 spiro atoms. The van der Waals surface area contributed by atoms with E-state index in [4.69, 9.17) is 4.74 Å². The molecule has 2 aliphatic heterocycles. The Kier molecular flexibility index (Phi) is 5.25. The van der Waals surface area contributed by atoms with Crippen LogP contribution < -0.4 is 15.1 Å². The molecule has 0 aromatic heterocycles. The fourth-order valence-corrected chi connectivity index (χ4v) is 3.66. The normalized spacial score (nSPS) is 19.8. The smallest absolute Gasteiger partial charge is 0.229 e. The Morgan fingerprint density at radius 3 is 2.43 bits per heavy atom. The van der Waals surface area contributed by atoms with Crippen LogP contribution in [0.3, 0.4) is 0 Å². The van der Waals surface area contributed by atoms with E-state index in [0.29, 0.717) is 25.4 Å². The number of ether oxygens (including phenoxy) is 1. The van der Waals surface area contributed by atoms with E-state index >= 15 is 0 Å². The lowest BCUT2D eigenvalue weighted by molar-refractivity contribution is -0.122. The Labute approximate surface area is 162 Å². The summed E-state index contributed by atoms with van der Waals surface area (Å²) in [5, 5.41) is 2.77. The van der Waals surface area contributed by atoms with Crippen molar-refractivity contribution in [3.05, 3.63) is 54.3 Å². The third kappa shape index (κ3) is 3.84. The summed E-state index contributed by atoms with van der Waals surface area (Å²) in [4.78, 5) is 29.2. The number of nitrogens with one attached hydrogen (secondary N) is 1. The quantitative estimate of drug-likeness (QED) is 0.882. The van der Waals surface area contributed by atoms with Crippen LogP contribution in [0.1, 0.15) is 6.42 Å². The third-order valence-electron chi connectivity index (χ3n) is 5.13. The first-order chi connectivity index (χ1) is 13.6. The van der Waals surface area contributed by atoms with Gasteiger partial charge in [0.25, 0.3) is 0 Å². The molecule has 2 saturated heterocycles. The summed E-state index contributed by atoms with van der Waals surface area (Å²) < 4.78 is 18.5. The molecule has 2 fully saturated rings.